The molecule has 0 aliphatic heterocycles. The number of rotatable bonds is 5. The lowest BCUT2D eigenvalue weighted by Gasteiger charge is -2.10. The first-order chi connectivity index (χ1) is 14.0. The first-order valence-corrected chi connectivity index (χ1v) is 9.40. The van der Waals surface area contributed by atoms with Crippen molar-refractivity contribution < 1.29 is 14.2 Å². The maximum absolute atomic E-state index is 13.0. The van der Waals surface area contributed by atoms with Crippen LogP contribution in [0.15, 0.2) is 66.7 Å². The monoisotopic (exact) mass is 408 g/mol. The molecule has 0 fully saturated rings. The van der Waals surface area contributed by atoms with Crippen LogP contribution in [-0.4, -0.2) is 15.3 Å². The number of hydrogen-bond acceptors (Lipinski definition) is 3. The van der Waals surface area contributed by atoms with Crippen LogP contribution in [0.4, 0.5) is 4.39 Å². The van der Waals surface area contributed by atoms with Crippen LogP contribution in [0.1, 0.15) is 11.3 Å². The number of phenols is 1. The molecule has 2 N–H and O–H groups in total. The zero-order chi connectivity index (χ0) is 20.4. The molecule has 0 amide bonds. The van der Waals surface area contributed by atoms with Gasteiger partial charge in [0.1, 0.15) is 29.6 Å². The predicted octanol–water partition coefficient (Wildman–Crippen LogP) is 6.13. The van der Waals surface area contributed by atoms with E-state index in [-0.39, 0.29) is 18.2 Å². The van der Waals surface area contributed by atoms with E-state index in [2.05, 4.69) is 10.2 Å². The summed E-state index contributed by atoms with van der Waals surface area (Å²) in [5, 5.41) is 18.6. The van der Waals surface area contributed by atoms with Gasteiger partial charge in [-0.25, -0.2) is 4.39 Å². The van der Waals surface area contributed by atoms with Gasteiger partial charge in [-0.05, 0) is 54.4 Å². The summed E-state index contributed by atoms with van der Waals surface area (Å²) in [5.74, 6) is 0.278. The van der Waals surface area contributed by atoms with Crippen LogP contribution in [0.5, 0.6) is 11.5 Å². The SMILES string of the molecule is Cc1[nH]nc(-c2ccc(OCc3ccc(F)cc3)cc2O)c1-c1ccc(Cl)cc1. The number of halogens is 2. The number of nitrogens with one attached hydrogen (secondary N) is 1. The quantitative estimate of drug-likeness (QED) is 0.417. The van der Waals surface area contributed by atoms with E-state index < -0.39 is 0 Å². The number of aryl methyl sites for hydroxylation is 1. The molecule has 6 heteroatoms. The van der Waals surface area contributed by atoms with E-state index >= 15 is 0 Å². The van der Waals surface area contributed by atoms with Crippen molar-refractivity contribution in [3.8, 4) is 33.9 Å². The van der Waals surface area contributed by atoms with Crippen LogP contribution in [0, 0.1) is 12.7 Å². The third kappa shape index (κ3) is 4.10. The van der Waals surface area contributed by atoms with Crippen molar-refractivity contribution in [1.82, 2.24) is 10.2 Å². The molecule has 1 heterocycles. The maximum atomic E-state index is 13.0. The molecule has 0 aliphatic rings. The summed E-state index contributed by atoms with van der Waals surface area (Å²) in [6, 6.07) is 18.7. The maximum Gasteiger partial charge on any atom is 0.128 e. The van der Waals surface area contributed by atoms with E-state index in [1.165, 1.54) is 12.1 Å². The molecule has 4 nitrogen and oxygen atoms in total. The average Bonchev–Trinajstić information content (AvgIpc) is 3.09. The third-order valence-corrected chi connectivity index (χ3v) is 4.88. The molecular formula is C23H18ClFN2O2. The van der Waals surface area contributed by atoms with Crippen LogP contribution < -0.4 is 4.74 Å². The molecule has 0 aliphatic carbocycles. The highest BCUT2D eigenvalue weighted by atomic mass is 35.5. The summed E-state index contributed by atoms with van der Waals surface area (Å²) < 4.78 is 18.7. The Hall–Kier alpha value is -3.31. The summed E-state index contributed by atoms with van der Waals surface area (Å²) in [6.45, 7) is 2.20. The number of aromatic nitrogens is 2. The molecule has 4 rings (SSSR count). The van der Waals surface area contributed by atoms with Gasteiger partial charge in [-0.2, -0.15) is 5.10 Å². The van der Waals surface area contributed by atoms with Gasteiger partial charge in [-0.1, -0.05) is 35.9 Å². The lowest BCUT2D eigenvalue weighted by molar-refractivity contribution is 0.304. The lowest BCUT2D eigenvalue weighted by Crippen LogP contribution is -1.95. The van der Waals surface area contributed by atoms with Gasteiger partial charge in [0.05, 0.1) is 0 Å². The molecule has 0 unspecified atom stereocenters. The Balaban J connectivity index is 1.60. The fourth-order valence-corrected chi connectivity index (χ4v) is 3.27. The molecule has 0 bridgehead atoms. The third-order valence-electron chi connectivity index (χ3n) is 4.62. The second kappa shape index (κ2) is 7.97. The van der Waals surface area contributed by atoms with Gasteiger partial charge in [-0.15, -0.1) is 0 Å². The summed E-state index contributed by atoms with van der Waals surface area (Å²) in [4.78, 5) is 0. The summed E-state index contributed by atoms with van der Waals surface area (Å²) in [7, 11) is 0. The van der Waals surface area contributed by atoms with E-state index in [0.717, 1.165) is 22.4 Å². The Labute approximate surface area is 172 Å². The minimum atomic E-state index is -0.290. The van der Waals surface area contributed by atoms with Crippen LogP contribution in [0.3, 0.4) is 0 Å². The van der Waals surface area contributed by atoms with E-state index in [0.29, 0.717) is 22.0 Å². The average molecular weight is 409 g/mol. The van der Waals surface area contributed by atoms with E-state index in [1.807, 2.05) is 31.2 Å². The predicted molar refractivity (Wildman–Crippen MR) is 112 cm³/mol. The summed E-state index contributed by atoms with van der Waals surface area (Å²) in [6.07, 6.45) is 0. The van der Waals surface area contributed by atoms with Gasteiger partial charge in [0.15, 0.2) is 0 Å². The van der Waals surface area contributed by atoms with Crippen molar-refractivity contribution in [3.63, 3.8) is 0 Å². The molecule has 0 radical (unpaired) electrons. The molecule has 0 atom stereocenters. The molecule has 0 spiro atoms. The Bertz CT molecular complexity index is 1140. The first-order valence-electron chi connectivity index (χ1n) is 9.03. The fraction of sp³-hybridized carbons (Fsp3) is 0.0870. The highest BCUT2D eigenvalue weighted by Crippen LogP contribution is 2.39. The first kappa shape index (κ1) is 19.0. The van der Waals surface area contributed by atoms with Gasteiger partial charge in [0.2, 0.25) is 0 Å². The van der Waals surface area contributed by atoms with Crippen LogP contribution in [0.2, 0.25) is 5.02 Å². The van der Waals surface area contributed by atoms with E-state index in [9.17, 15) is 9.50 Å². The van der Waals surface area contributed by atoms with Crippen molar-refractivity contribution >= 4 is 11.6 Å². The Morgan fingerprint density at radius 1 is 1.03 bits per heavy atom. The Morgan fingerprint density at radius 3 is 2.45 bits per heavy atom. The molecule has 146 valence electrons. The van der Waals surface area contributed by atoms with Crippen molar-refractivity contribution in [2.75, 3.05) is 0 Å². The van der Waals surface area contributed by atoms with Gasteiger partial charge < -0.3 is 9.84 Å². The smallest absolute Gasteiger partial charge is 0.128 e. The van der Waals surface area contributed by atoms with Crippen molar-refractivity contribution in [2.45, 2.75) is 13.5 Å². The highest BCUT2D eigenvalue weighted by Gasteiger charge is 2.17. The molecule has 0 saturated heterocycles. The van der Waals surface area contributed by atoms with E-state index in [1.54, 1.807) is 30.3 Å². The molecule has 29 heavy (non-hydrogen) atoms. The highest BCUT2D eigenvalue weighted by molar-refractivity contribution is 6.30. The number of benzene rings is 3. The van der Waals surface area contributed by atoms with Crippen molar-refractivity contribution in [2.24, 2.45) is 0 Å². The number of H-pyrrole nitrogens is 1. The minimum absolute atomic E-state index is 0.0586. The number of ether oxygens (including phenoxy) is 1. The minimum Gasteiger partial charge on any atom is -0.507 e. The normalized spacial score (nSPS) is 10.9. The van der Waals surface area contributed by atoms with Gasteiger partial charge in [0.25, 0.3) is 0 Å². The van der Waals surface area contributed by atoms with Gasteiger partial charge in [-0.3, -0.25) is 5.10 Å². The second-order valence-electron chi connectivity index (χ2n) is 6.67. The zero-order valence-electron chi connectivity index (χ0n) is 15.6. The zero-order valence-corrected chi connectivity index (χ0v) is 16.4. The summed E-state index contributed by atoms with van der Waals surface area (Å²) in [5.41, 5.74) is 4.81. The largest absolute Gasteiger partial charge is 0.507 e. The molecular weight excluding hydrogens is 391 g/mol. The van der Waals surface area contributed by atoms with Crippen LogP contribution in [-0.2, 0) is 6.61 Å². The van der Waals surface area contributed by atoms with E-state index in [4.69, 9.17) is 16.3 Å². The fourth-order valence-electron chi connectivity index (χ4n) is 3.14. The van der Waals surface area contributed by atoms with Crippen molar-refractivity contribution in [1.29, 1.82) is 0 Å². The molecule has 4 aromatic rings. The lowest BCUT2D eigenvalue weighted by atomic mass is 9.99. The Kier molecular flexibility index (Phi) is 5.23. The Morgan fingerprint density at radius 2 is 1.76 bits per heavy atom. The number of aromatic hydroxyl groups is 1. The van der Waals surface area contributed by atoms with Gasteiger partial charge in [0, 0.05) is 27.9 Å². The number of aromatic amines is 1. The number of hydrogen-bond donors (Lipinski definition) is 2. The standard InChI is InChI=1S/C23H18ClFN2O2/c1-14-22(16-4-6-17(24)7-5-16)23(27-26-14)20-11-10-19(12-21(20)28)29-13-15-2-8-18(25)9-3-15/h2-12,28H,13H2,1H3,(H,26,27). The topological polar surface area (TPSA) is 58.1 Å². The van der Waals surface area contributed by atoms with Crippen molar-refractivity contribution in [3.05, 3.63) is 88.8 Å². The van der Waals surface area contributed by atoms with Gasteiger partial charge >= 0.3 is 0 Å². The van der Waals surface area contributed by atoms with Crippen LogP contribution >= 0.6 is 11.6 Å². The molecule has 0 saturated carbocycles. The molecule has 3 aromatic carbocycles. The second-order valence-corrected chi connectivity index (χ2v) is 7.11. The molecule has 1 aromatic heterocycles. The number of phenolic OH excluding ortho intramolecular Hbond substituents is 1. The van der Waals surface area contributed by atoms with Crippen LogP contribution in [0.25, 0.3) is 22.4 Å². The number of nitrogens with zero attached hydrogens (tertiary/aromatic N) is 1. The summed E-state index contributed by atoms with van der Waals surface area (Å²) >= 11 is 6.00.